The third-order valence-corrected chi connectivity index (χ3v) is 4.45. The first-order valence-corrected chi connectivity index (χ1v) is 8.25. The van der Waals surface area contributed by atoms with Gasteiger partial charge < -0.3 is 9.67 Å². The summed E-state index contributed by atoms with van der Waals surface area (Å²) in [5, 5.41) is 17.4. The van der Waals surface area contributed by atoms with Crippen LogP contribution in [0.1, 0.15) is 24.7 Å². The summed E-state index contributed by atoms with van der Waals surface area (Å²) in [4.78, 5) is 0.255. The minimum Gasteiger partial charge on any atom is -0.388 e. The summed E-state index contributed by atoms with van der Waals surface area (Å²) in [5.74, 6) is 1.13. The summed E-state index contributed by atoms with van der Waals surface area (Å²) < 4.78 is 25.2. The second kappa shape index (κ2) is 4.68. The lowest BCUT2D eigenvalue weighted by Gasteiger charge is -2.08. The predicted octanol–water partition coefficient (Wildman–Crippen LogP) is 1.18. The van der Waals surface area contributed by atoms with E-state index in [9.17, 15) is 13.5 Å². The Balaban J connectivity index is 2.12. The standard InChI is InChI=1S/C13H15N3O3S/c1-20(18,19)11-4-2-3-9(7-11)13-15-14-12(8-17)16(13)10-5-6-10/h2-4,7,10,17H,5-6,8H2,1H3. The van der Waals surface area contributed by atoms with E-state index in [4.69, 9.17) is 0 Å². The summed E-state index contributed by atoms with van der Waals surface area (Å²) in [6, 6.07) is 6.96. The first kappa shape index (κ1) is 13.3. The van der Waals surface area contributed by atoms with Crippen molar-refractivity contribution in [2.75, 3.05) is 6.26 Å². The van der Waals surface area contributed by atoms with Crippen LogP contribution in [0.3, 0.4) is 0 Å². The third kappa shape index (κ3) is 2.34. The Morgan fingerprint density at radius 2 is 2.10 bits per heavy atom. The number of hydrogen-bond donors (Lipinski definition) is 1. The Morgan fingerprint density at radius 1 is 1.35 bits per heavy atom. The first-order valence-electron chi connectivity index (χ1n) is 6.36. The van der Waals surface area contributed by atoms with Crippen LogP contribution in [0.4, 0.5) is 0 Å². The lowest BCUT2D eigenvalue weighted by atomic mass is 10.2. The van der Waals surface area contributed by atoms with Crippen LogP contribution in [0, 0.1) is 0 Å². The van der Waals surface area contributed by atoms with Crippen LogP contribution in [0.2, 0.25) is 0 Å². The summed E-state index contributed by atoms with van der Waals surface area (Å²) >= 11 is 0. The molecule has 1 aliphatic carbocycles. The lowest BCUT2D eigenvalue weighted by Crippen LogP contribution is -2.04. The second-order valence-electron chi connectivity index (χ2n) is 5.00. The molecular weight excluding hydrogens is 278 g/mol. The highest BCUT2D eigenvalue weighted by Gasteiger charge is 2.29. The van der Waals surface area contributed by atoms with Gasteiger partial charge in [0, 0.05) is 17.9 Å². The molecule has 1 N–H and O–H groups in total. The van der Waals surface area contributed by atoms with E-state index >= 15 is 0 Å². The van der Waals surface area contributed by atoms with E-state index < -0.39 is 9.84 Å². The second-order valence-corrected chi connectivity index (χ2v) is 7.01. The van der Waals surface area contributed by atoms with Crippen molar-refractivity contribution >= 4 is 9.84 Å². The van der Waals surface area contributed by atoms with E-state index in [2.05, 4.69) is 10.2 Å². The molecule has 7 heteroatoms. The molecule has 1 aliphatic rings. The van der Waals surface area contributed by atoms with Gasteiger partial charge in [-0.1, -0.05) is 12.1 Å². The van der Waals surface area contributed by atoms with Crippen LogP contribution < -0.4 is 0 Å². The van der Waals surface area contributed by atoms with E-state index in [0.717, 1.165) is 12.8 Å². The first-order chi connectivity index (χ1) is 9.50. The molecule has 0 atom stereocenters. The topological polar surface area (TPSA) is 85.1 Å². The minimum absolute atomic E-state index is 0.171. The largest absolute Gasteiger partial charge is 0.388 e. The molecule has 0 spiro atoms. The van der Waals surface area contributed by atoms with Gasteiger partial charge in [-0.05, 0) is 25.0 Å². The van der Waals surface area contributed by atoms with Crippen molar-refractivity contribution < 1.29 is 13.5 Å². The average molecular weight is 293 g/mol. The molecule has 3 rings (SSSR count). The van der Waals surface area contributed by atoms with Gasteiger partial charge in [-0.15, -0.1) is 10.2 Å². The molecule has 6 nitrogen and oxygen atoms in total. The smallest absolute Gasteiger partial charge is 0.175 e. The molecule has 0 bridgehead atoms. The Bertz CT molecular complexity index is 748. The van der Waals surface area contributed by atoms with Gasteiger partial charge in [0.15, 0.2) is 21.5 Å². The average Bonchev–Trinajstić information content (AvgIpc) is 3.17. The number of nitrogens with zero attached hydrogens (tertiary/aromatic N) is 3. The molecule has 106 valence electrons. The van der Waals surface area contributed by atoms with Crippen LogP contribution >= 0.6 is 0 Å². The molecule has 1 saturated carbocycles. The van der Waals surface area contributed by atoms with Crippen LogP contribution in [0.5, 0.6) is 0 Å². The maximum atomic E-state index is 11.6. The Kier molecular flexibility index (Phi) is 3.10. The zero-order valence-corrected chi connectivity index (χ0v) is 11.8. The molecule has 2 aromatic rings. The van der Waals surface area contributed by atoms with Gasteiger partial charge >= 0.3 is 0 Å². The van der Waals surface area contributed by atoms with Crippen LogP contribution in [0.15, 0.2) is 29.2 Å². The van der Waals surface area contributed by atoms with Crippen molar-refractivity contribution in [3.8, 4) is 11.4 Å². The monoisotopic (exact) mass is 293 g/mol. The number of aromatic nitrogens is 3. The number of sulfone groups is 1. The van der Waals surface area contributed by atoms with Crippen molar-refractivity contribution in [2.24, 2.45) is 0 Å². The molecule has 0 saturated heterocycles. The fourth-order valence-corrected chi connectivity index (χ4v) is 2.88. The highest BCUT2D eigenvalue weighted by Crippen LogP contribution is 2.39. The molecule has 1 aromatic carbocycles. The van der Waals surface area contributed by atoms with E-state index in [1.54, 1.807) is 24.3 Å². The molecule has 20 heavy (non-hydrogen) atoms. The van der Waals surface area contributed by atoms with E-state index in [1.807, 2.05) is 4.57 Å². The minimum atomic E-state index is -3.26. The van der Waals surface area contributed by atoms with Crippen molar-refractivity contribution in [3.63, 3.8) is 0 Å². The normalized spacial score (nSPS) is 15.5. The van der Waals surface area contributed by atoms with Gasteiger partial charge in [0.05, 0.1) is 4.90 Å². The van der Waals surface area contributed by atoms with Gasteiger partial charge in [0.25, 0.3) is 0 Å². The Morgan fingerprint density at radius 3 is 2.70 bits per heavy atom. The van der Waals surface area contributed by atoms with Crippen LogP contribution in [-0.4, -0.2) is 34.5 Å². The lowest BCUT2D eigenvalue weighted by molar-refractivity contribution is 0.265. The van der Waals surface area contributed by atoms with Crippen molar-refractivity contribution in [1.82, 2.24) is 14.8 Å². The molecule has 1 fully saturated rings. The quantitative estimate of drug-likeness (QED) is 0.914. The molecule has 1 aromatic heterocycles. The molecule has 0 aliphatic heterocycles. The molecule has 0 amide bonds. The van der Waals surface area contributed by atoms with Gasteiger partial charge in [0.2, 0.25) is 0 Å². The molecular formula is C13H15N3O3S. The van der Waals surface area contributed by atoms with Crippen LogP contribution in [0.25, 0.3) is 11.4 Å². The highest BCUT2D eigenvalue weighted by molar-refractivity contribution is 7.90. The van der Waals surface area contributed by atoms with Crippen molar-refractivity contribution in [1.29, 1.82) is 0 Å². The third-order valence-electron chi connectivity index (χ3n) is 3.34. The van der Waals surface area contributed by atoms with E-state index in [-0.39, 0.29) is 11.5 Å². The van der Waals surface area contributed by atoms with Crippen molar-refractivity contribution in [3.05, 3.63) is 30.1 Å². The highest BCUT2D eigenvalue weighted by atomic mass is 32.2. The van der Waals surface area contributed by atoms with Crippen LogP contribution in [-0.2, 0) is 16.4 Å². The molecule has 0 unspecified atom stereocenters. The SMILES string of the molecule is CS(=O)(=O)c1cccc(-c2nnc(CO)n2C2CC2)c1. The summed E-state index contributed by atoms with van der Waals surface area (Å²) in [6.07, 6.45) is 3.24. The van der Waals surface area contributed by atoms with Gasteiger partial charge in [-0.3, -0.25) is 0 Å². The van der Waals surface area contributed by atoms with E-state index in [1.165, 1.54) is 6.26 Å². The fraction of sp³-hybridized carbons (Fsp3) is 0.385. The zero-order valence-electron chi connectivity index (χ0n) is 11.0. The Hall–Kier alpha value is -1.73. The molecule has 0 radical (unpaired) electrons. The number of rotatable bonds is 4. The summed E-state index contributed by atoms with van der Waals surface area (Å²) in [5.41, 5.74) is 0.701. The zero-order chi connectivity index (χ0) is 14.3. The fourth-order valence-electron chi connectivity index (χ4n) is 2.21. The maximum Gasteiger partial charge on any atom is 0.175 e. The number of aliphatic hydroxyl groups excluding tert-OH is 1. The van der Waals surface area contributed by atoms with Gasteiger partial charge in [-0.2, -0.15) is 0 Å². The number of benzene rings is 1. The Labute approximate surface area is 117 Å². The van der Waals surface area contributed by atoms with Gasteiger partial charge in [0.1, 0.15) is 6.61 Å². The predicted molar refractivity (Wildman–Crippen MR) is 72.8 cm³/mol. The number of hydrogen-bond acceptors (Lipinski definition) is 5. The molecule has 1 heterocycles. The summed E-state index contributed by atoms with van der Waals surface area (Å²) in [6.45, 7) is -0.171. The van der Waals surface area contributed by atoms with E-state index in [0.29, 0.717) is 23.3 Å². The number of aliphatic hydroxyl groups is 1. The summed E-state index contributed by atoms with van der Waals surface area (Å²) in [7, 11) is -3.26. The van der Waals surface area contributed by atoms with Gasteiger partial charge in [-0.25, -0.2) is 8.42 Å². The van der Waals surface area contributed by atoms with Crippen molar-refractivity contribution in [2.45, 2.75) is 30.4 Å². The maximum absolute atomic E-state index is 11.6.